The molecule has 0 spiro atoms. The van der Waals surface area contributed by atoms with Crippen LogP contribution in [0, 0.1) is 11.3 Å². The second-order valence-corrected chi connectivity index (χ2v) is 5.46. The van der Waals surface area contributed by atoms with Crippen LogP contribution in [-0.2, 0) is 0 Å². The van der Waals surface area contributed by atoms with Gasteiger partial charge in [0.05, 0.1) is 30.9 Å². The van der Waals surface area contributed by atoms with Gasteiger partial charge in [-0.25, -0.2) is 0 Å². The van der Waals surface area contributed by atoms with E-state index in [-0.39, 0.29) is 11.9 Å². The number of nitrogens with zero attached hydrogens (tertiary/aromatic N) is 1. The number of nitrogens with one attached hydrogen (secondary N) is 1. The summed E-state index contributed by atoms with van der Waals surface area (Å²) in [5.74, 6) is 1.12. The van der Waals surface area contributed by atoms with Gasteiger partial charge in [0.25, 0.3) is 5.91 Å². The highest BCUT2D eigenvalue weighted by Gasteiger charge is 2.14. The van der Waals surface area contributed by atoms with Gasteiger partial charge in [-0.15, -0.1) is 0 Å². The second-order valence-electron chi connectivity index (χ2n) is 5.46. The molecule has 5 heteroatoms. The number of carbonyl (C=O) groups excluding carboxylic acids is 1. The summed E-state index contributed by atoms with van der Waals surface area (Å²) < 4.78 is 11.2. The van der Waals surface area contributed by atoms with E-state index in [9.17, 15) is 4.79 Å². The molecule has 2 rings (SSSR count). The van der Waals surface area contributed by atoms with E-state index in [2.05, 4.69) is 5.32 Å². The van der Waals surface area contributed by atoms with E-state index in [0.29, 0.717) is 35.8 Å². The molecule has 0 bridgehead atoms. The Kier molecular flexibility index (Phi) is 6.41. The van der Waals surface area contributed by atoms with E-state index in [0.717, 1.165) is 5.56 Å². The van der Waals surface area contributed by atoms with Crippen LogP contribution in [0.3, 0.4) is 0 Å². The number of nitriles is 1. The number of benzene rings is 2. The van der Waals surface area contributed by atoms with Crippen molar-refractivity contribution >= 4 is 5.91 Å². The van der Waals surface area contributed by atoms with Crippen molar-refractivity contribution in [3.63, 3.8) is 0 Å². The fraction of sp³-hybridized carbons (Fsp3) is 0.300. The van der Waals surface area contributed by atoms with Crippen LogP contribution in [0.2, 0.25) is 0 Å². The van der Waals surface area contributed by atoms with Crippen molar-refractivity contribution in [3.8, 4) is 17.6 Å². The fourth-order valence-electron chi connectivity index (χ4n) is 2.43. The van der Waals surface area contributed by atoms with Crippen molar-refractivity contribution in [1.29, 1.82) is 5.26 Å². The quantitative estimate of drug-likeness (QED) is 0.832. The number of carbonyl (C=O) groups is 1. The van der Waals surface area contributed by atoms with Crippen molar-refractivity contribution in [3.05, 3.63) is 59.2 Å². The minimum Gasteiger partial charge on any atom is -0.490 e. The van der Waals surface area contributed by atoms with Crippen LogP contribution in [-0.4, -0.2) is 19.1 Å². The molecule has 0 aliphatic heterocycles. The van der Waals surface area contributed by atoms with E-state index in [4.69, 9.17) is 14.7 Å². The normalized spacial score (nSPS) is 11.3. The monoisotopic (exact) mass is 338 g/mol. The highest BCUT2D eigenvalue weighted by Crippen LogP contribution is 2.30. The number of hydrogen-bond acceptors (Lipinski definition) is 4. The third kappa shape index (κ3) is 4.74. The molecule has 0 fully saturated rings. The number of rotatable bonds is 7. The zero-order valence-electron chi connectivity index (χ0n) is 14.7. The predicted octanol–water partition coefficient (Wildman–Crippen LogP) is 3.85. The molecule has 0 saturated heterocycles. The largest absolute Gasteiger partial charge is 0.490 e. The minimum atomic E-state index is -0.226. The van der Waals surface area contributed by atoms with Gasteiger partial charge in [0.2, 0.25) is 0 Å². The van der Waals surface area contributed by atoms with Crippen molar-refractivity contribution in [1.82, 2.24) is 5.32 Å². The highest BCUT2D eigenvalue weighted by molar-refractivity contribution is 5.94. The molecular formula is C20H22N2O3. The average molecular weight is 338 g/mol. The lowest BCUT2D eigenvalue weighted by Crippen LogP contribution is -2.26. The van der Waals surface area contributed by atoms with Crippen molar-refractivity contribution in [2.24, 2.45) is 0 Å². The first kappa shape index (κ1) is 18.3. The minimum absolute atomic E-state index is 0.215. The summed E-state index contributed by atoms with van der Waals surface area (Å²) in [5, 5.41) is 11.9. The van der Waals surface area contributed by atoms with Crippen molar-refractivity contribution < 1.29 is 14.3 Å². The molecule has 2 aromatic rings. The molecule has 0 unspecified atom stereocenters. The van der Waals surface area contributed by atoms with Crippen LogP contribution in [0.5, 0.6) is 11.5 Å². The molecule has 0 aromatic heterocycles. The van der Waals surface area contributed by atoms with E-state index < -0.39 is 0 Å². The Labute approximate surface area is 148 Å². The maximum atomic E-state index is 12.4. The SMILES string of the molecule is CCOc1ccc([C@@H](C)NC(=O)c2cccc(C#N)c2)cc1OCC. The molecule has 0 radical (unpaired) electrons. The average Bonchev–Trinajstić information content (AvgIpc) is 2.63. The summed E-state index contributed by atoms with van der Waals surface area (Å²) >= 11 is 0. The standard InChI is InChI=1S/C20H22N2O3/c1-4-24-18-10-9-16(12-19(18)25-5-2)14(3)22-20(23)17-8-6-7-15(11-17)13-21/h6-12,14H,4-5H2,1-3H3,(H,22,23)/t14-/m1/s1. The van der Waals surface area contributed by atoms with E-state index in [1.807, 2.05) is 45.0 Å². The molecule has 0 saturated carbocycles. The summed E-state index contributed by atoms with van der Waals surface area (Å²) in [6.45, 7) is 6.82. The number of amides is 1. The van der Waals surface area contributed by atoms with Gasteiger partial charge in [0, 0.05) is 5.56 Å². The van der Waals surface area contributed by atoms with E-state index >= 15 is 0 Å². The summed E-state index contributed by atoms with van der Waals surface area (Å²) in [7, 11) is 0. The molecule has 0 heterocycles. The molecule has 0 aliphatic carbocycles. The van der Waals surface area contributed by atoms with Crippen LogP contribution in [0.25, 0.3) is 0 Å². The summed E-state index contributed by atoms with van der Waals surface area (Å²) in [6, 6.07) is 14.1. The van der Waals surface area contributed by atoms with Gasteiger partial charge in [-0.2, -0.15) is 5.26 Å². The Morgan fingerprint density at radius 3 is 2.52 bits per heavy atom. The first-order valence-electron chi connectivity index (χ1n) is 8.29. The molecule has 1 N–H and O–H groups in total. The molecule has 0 aliphatic rings. The lowest BCUT2D eigenvalue weighted by molar-refractivity contribution is 0.0939. The molecule has 1 amide bonds. The van der Waals surface area contributed by atoms with E-state index in [1.165, 1.54) is 0 Å². The zero-order chi connectivity index (χ0) is 18.2. The summed E-state index contributed by atoms with van der Waals surface area (Å²) in [4.78, 5) is 12.4. The van der Waals surface area contributed by atoms with Gasteiger partial charge in [-0.3, -0.25) is 4.79 Å². The van der Waals surface area contributed by atoms with Crippen LogP contribution in [0.15, 0.2) is 42.5 Å². The maximum Gasteiger partial charge on any atom is 0.251 e. The lowest BCUT2D eigenvalue weighted by atomic mass is 10.1. The van der Waals surface area contributed by atoms with Crippen molar-refractivity contribution in [2.45, 2.75) is 26.8 Å². The first-order valence-corrected chi connectivity index (χ1v) is 8.29. The van der Waals surface area contributed by atoms with Crippen molar-refractivity contribution in [2.75, 3.05) is 13.2 Å². The second kappa shape index (κ2) is 8.74. The van der Waals surface area contributed by atoms with Crippen LogP contribution >= 0.6 is 0 Å². The van der Waals surface area contributed by atoms with Gasteiger partial charge >= 0.3 is 0 Å². The van der Waals surface area contributed by atoms with Gasteiger partial charge in [-0.1, -0.05) is 12.1 Å². The molecule has 2 aromatic carbocycles. The van der Waals surface area contributed by atoms with Gasteiger partial charge < -0.3 is 14.8 Å². The third-order valence-corrected chi connectivity index (χ3v) is 3.67. The van der Waals surface area contributed by atoms with Crippen LogP contribution in [0.4, 0.5) is 0 Å². The molecule has 5 nitrogen and oxygen atoms in total. The summed E-state index contributed by atoms with van der Waals surface area (Å²) in [5.41, 5.74) is 1.83. The summed E-state index contributed by atoms with van der Waals surface area (Å²) in [6.07, 6.45) is 0. The number of hydrogen-bond donors (Lipinski definition) is 1. The molecule has 130 valence electrons. The topological polar surface area (TPSA) is 71.3 Å². The Balaban J connectivity index is 2.16. The maximum absolute atomic E-state index is 12.4. The Morgan fingerprint density at radius 2 is 1.84 bits per heavy atom. The lowest BCUT2D eigenvalue weighted by Gasteiger charge is -2.17. The third-order valence-electron chi connectivity index (χ3n) is 3.67. The Morgan fingerprint density at radius 1 is 1.12 bits per heavy atom. The zero-order valence-corrected chi connectivity index (χ0v) is 14.7. The first-order chi connectivity index (χ1) is 12.1. The Hall–Kier alpha value is -3.00. The molecule has 25 heavy (non-hydrogen) atoms. The predicted molar refractivity (Wildman–Crippen MR) is 95.8 cm³/mol. The molecular weight excluding hydrogens is 316 g/mol. The Bertz CT molecular complexity index is 781. The number of ether oxygens (including phenoxy) is 2. The van der Waals surface area contributed by atoms with Gasteiger partial charge in [0.1, 0.15) is 0 Å². The van der Waals surface area contributed by atoms with Gasteiger partial charge in [0.15, 0.2) is 11.5 Å². The van der Waals surface area contributed by atoms with Crippen LogP contribution in [0.1, 0.15) is 48.3 Å². The van der Waals surface area contributed by atoms with Gasteiger partial charge in [-0.05, 0) is 56.7 Å². The van der Waals surface area contributed by atoms with Crippen LogP contribution < -0.4 is 14.8 Å². The highest BCUT2D eigenvalue weighted by atomic mass is 16.5. The smallest absolute Gasteiger partial charge is 0.251 e. The van der Waals surface area contributed by atoms with E-state index in [1.54, 1.807) is 24.3 Å². The fourth-order valence-corrected chi connectivity index (χ4v) is 2.43. The molecule has 1 atom stereocenters.